The molecule has 0 spiro atoms. The molecule has 1 aromatic rings. The average Bonchev–Trinajstić information content (AvgIpc) is 2.92. The highest BCUT2D eigenvalue weighted by Gasteiger charge is 2.42. The number of hydrogen-bond acceptors (Lipinski definition) is 3. The molecule has 1 N–H and O–H groups in total. The van der Waals surface area contributed by atoms with Crippen LogP contribution in [0.5, 0.6) is 0 Å². The third-order valence-corrected chi connectivity index (χ3v) is 5.02. The Hall–Kier alpha value is -1.53. The number of benzene rings is 1. The molecule has 0 bridgehead atoms. The summed E-state index contributed by atoms with van der Waals surface area (Å²) in [5.74, 6) is -2.67. The van der Waals surface area contributed by atoms with Crippen molar-refractivity contribution in [3.63, 3.8) is 0 Å². The van der Waals surface area contributed by atoms with Crippen LogP contribution in [0.2, 0.25) is 0 Å². The molecule has 1 atom stereocenters. The number of hydrogen-bond donors (Lipinski definition) is 1. The van der Waals surface area contributed by atoms with Crippen LogP contribution in [-0.2, 0) is 0 Å². The van der Waals surface area contributed by atoms with E-state index in [0.717, 1.165) is 5.56 Å². The quantitative estimate of drug-likeness (QED) is 0.920. The number of likely N-dealkylation sites (tertiary alicyclic amines) is 2. The zero-order chi connectivity index (χ0) is 17.4. The maximum atomic E-state index is 13.2. The molecule has 0 aromatic heterocycles. The Morgan fingerprint density at radius 3 is 2.38 bits per heavy atom. The number of β-amino-alcohol motifs (C(OH)–C–C–N with tert-alkyl or cyclic N) is 1. The van der Waals surface area contributed by atoms with Crippen molar-refractivity contribution in [3.05, 3.63) is 35.4 Å². The minimum Gasteiger partial charge on any atom is -0.387 e. The number of amides is 1. The standard InChI is InChI=1S/C18H24F2N2O2/c1-14-2-4-15(5-3-14)16(23)22-11-6-17(24,13-22)12-21-9-7-18(19,20)8-10-21/h2-5,24H,6-13H2,1H3. The van der Waals surface area contributed by atoms with Gasteiger partial charge >= 0.3 is 0 Å². The van der Waals surface area contributed by atoms with Crippen molar-refractivity contribution in [2.24, 2.45) is 0 Å². The van der Waals surface area contributed by atoms with Gasteiger partial charge in [0.2, 0.25) is 0 Å². The van der Waals surface area contributed by atoms with E-state index in [1.54, 1.807) is 17.0 Å². The molecule has 4 nitrogen and oxygen atoms in total. The normalized spacial score (nSPS) is 27.4. The minimum atomic E-state index is -2.58. The molecule has 0 aliphatic carbocycles. The van der Waals surface area contributed by atoms with Crippen LogP contribution in [0.15, 0.2) is 24.3 Å². The molecule has 1 amide bonds. The van der Waals surface area contributed by atoms with Gasteiger partial charge in [-0.2, -0.15) is 0 Å². The summed E-state index contributed by atoms with van der Waals surface area (Å²) in [5, 5.41) is 10.8. The van der Waals surface area contributed by atoms with E-state index in [9.17, 15) is 18.7 Å². The Balaban J connectivity index is 1.57. The van der Waals surface area contributed by atoms with Gasteiger partial charge in [-0.3, -0.25) is 9.69 Å². The maximum absolute atomic E-state index is 13.2. The minimum absolute atomic E-state index is 0.0869. The molecule has 0 radical (unpaired) electrons. The number of aliphatic hydroxyl groups is 1. The van der Waals surface area contributed by atoms with Crippen LogP contribution in [0.3, 0.4) is 0 Å². The van der Waals surface area contributed by atoms with Crippen molar-refractivity contribution in [1.82, 2.24) is 9.80 Å². The van der Waals surface area contributed by atoms with Gasteiger partial charge in [0.1, 0.15) is 0 Å². The van der Waals surface area contributed by atoms with E-state index in [1.807, 2.05) is 24.0 Å². The highest BCUT2D eigenvalue weighted by molar-refractivity contribution is 5.94. The summed E-state index contributed by atoms with van der Waals surface area (Å²) in [6.07, 6.45) is 0.168. The first-order valence-corrected chi connectivity index (χ1v) is 8.45. The highest BCUT2D eigenvalue weighted by Crippen LogP contribution is 2.30. The van der Waals surface area contributed by atoms with Gasteiger partial charge in [-0.15, -0.1) is 0 Å². The van der Waals surface area contributed by atoms with Crippen LogP contribution in [0.1, 0.15) is 35.2 Å². The fourth-order valence-corrected chi connectivity index (χ4v) is 3.49. The highest BCUT2D eigenvalue weighted by atomic mass is 19.3. The molecule has 2 aliphatic rings. The molecule has 2 fully saturated rings. The predicted octanol–water partition coefficient (Wildman–Crippen LogP) is 2.30. The van der Waals surface area contributed by atoms with Crippen molar-refractivity contribution in [3.8, 4) is 0 Å². The molecule has 1 unspecified atom stereocenters. The predicted molar refractivity (Wildman–Crippen MR) is 87.3 cm³/mol. The van der Waals surface area contributed by atoms with E-state index < -0.39 is 11.5 Å². The van der Waals surface area contributed by atoms with Gasteiger partial charge in [0.05, 0.1) is 12.1 Å². The number of carbonyl (C=O) groups excluding carboxylic acids is 1. The summed E-state index contributed by atoms with van der Waals surface area (Å²) < 4.78 is 26.5. The number of alkyl halides is 2. The summed E-state index contributed by atoms with van der Waals surface area (Å²) >= 11 is 0. The van der Waals surface area contributed by atoms with E-state index in [0.29, 0.717) is 38.2 Å². The lowest BCUT2D eigenvalue weighted by atomic mass is 10.00. The lowest BCUT2D eigenvalue weighted by Gasteiger charge is -2.36. The number of rotatable bonds is 3. The Morgan fingerprint density at radius 1 is 1.12 bits per heavy atom. The first-order valence-electron chi connectivity index (χ1n) is 8.45. The molecule has 2 saturated heterocycles. The van der Waals surface area contributed by atoms with Gasteiger partial charge in [-0.25, -0.2) is 8.78 Å². The maximum Gasteiger partial charge on any atom is 0.253 e. The van der Waals surface area contributed by atoms with Gasteiger partial charge in [0, 0.05) is 44.6 Å². The third kappa shape index (κ3) is 3.92. The second-order valence-electron chi connectivity index (χ2n) is 7.20. The van der Waals surface area contributed by atoms with E-state index in [-0.39, 0.29) is 25.3 Å². The molecule has 2 aliphatic heterocycles. The molecular weight excluding hydrogens is 314 g/mol. The third-order valence-electron chi connectivity index (χ3n) is 5.02. The van der Waals surface area contributed by atoms with Crippen LogP contribution >= 0.6 is 0 Å². The van der Waals surface area contributed by atoms with E-state index in [1.165, 1.54) is 0 Å². The molecular formula is C18H24F2N2O2. The fraction of sp³-hybridized carbons (Fsp3) is 0.611. The van der Waals surface area contributed by atoms with Gasteiger partial charge in [0.15, 0.2) is 0 Å². The molecule has 0 saturated carbocycles. The first-order chi connectivity index (χ1) is 11.3. The molecule has 6 heteroatoms. The van der Waals surface area contributed by atoms with Crippen molar-refractivity contribution in [2.45, 2.75) is 37.7 Å². The Kier molecular flexibility index (Phi) is 4.62. The van der Waals surface area contributed by atoms with E-state index in [4.69, 9.17) is 0 Å². The summed E-state index contributed by atoms with van der Waals surface area (Å²) in [4.78, 5) is 16.1. The number of aryl methyl sites for hydroxylation is 1. The van der Waals surface area contributed by atoms with Crippen LogP contribution in [0.25, 0.3) is 0 Å². The number of halogens is 2. The number of piperidine rings is 1. The van der Waals surface area contributed by atoms with Crippen molar-refractivity contribution in [2.75, 3.05) is 32.7 Å². The molecule has 2 heterocycles. The van der Waals surface area contributed by atoms with Crippen LogP contribution < -0.4 is 0 Å². The van der Waals surface area contributed by atoms with Gasteiger partial charge in [-0.1, -0.05) is 17.7 Å². The fourth-order valence-electron chi connectivity index (χ4n) is 3.49. The molecule has 132 valence electrons. The van der Waals surface area contributed by atoms with Gasteiger partial charge < -0.3 is 10.0 Å². The summed E-state index contributed by atoms with van der Waals surface area (Å²) in [7, 11) is 0. The number of carbonyl (C=O) groups is 1. The SMILES string of the molecule is Cc1ccc(C(=O)N2CCC(O)(CN3CCC(F)(F)CC3)C2)cc1. The number of nitrogens with zero attached hydrogens (tertiary/aromatic N) is 2. The zero-order valence-electron chi connectivity index (χ0n) is 14.0. The lowest BCUT2D eigenvalue weighted by molar-refractivity contribution is -0.0720. The second-order valence-corrected chi connectivity index (χ2v) is 7.20. The lowest BCUT2D eigenvalue weighted by Crippen LogP contribution is -2.49. The van der Waals surface area contributed by atoms with Crippen LogP contribution in [-0.4, -0.2) is 65.1 Å². The van der Waals surface area contributed by atoms with Gasteiger partial charge in [-0.05, 0) is 25.5 Å². The largest absolute Gasteiger partial charge is 0.387 e. The Bertz CT molecular complexity index is 596. The van der Waals surface area contributed by atoms with E-state index in [2.05, 4.69) is 0 Å². The van der Waals surface area contributed by atoms with Crippen LogP contribution in [0, 0.1) is 6.92 Å². The van der Waals surface area contributed by atoms with Gasteiger partial charge in [0.25, 0.3) is 11.8 Å². The monoisotopic (exact) mass is 338 g/mol. The molecule has 24 heavy (non-hydrogen) atoms. The van der Waals surface area contributed by atoms with Crippen LogP contribution in [0.4, 0.5) is 8.78 Å². The summed E-state index contributed by atoms with van der Waals surface area (Å²) in [5.41, 5.74) is 0.696. The second kappa shape index (κ2) is 6.41. The topological polar surface area (TPSA) is 43.8 Å². The Morgan fingerprint density at radius 2 is 1.75 bits per heavy atom. The zero-order valence-corrected chi connectivity index (χ0v) is 14.0. The first kappa shape index (κ1) is 17.3. The van der Waals surface area contributed by atoms with Crippen molar-refractivity contribution < 1.29 is 18.7 Å². The average molecular weight is 338 g/mol. The molecule has 3 rings (SSSR count). The Labute approximate surface area is 141 Å². The van der Waals surface area contributed by atoms with Crippen molar-refractivity contribution >= 4 is 5.91 Å². The summed E-state index contributed by atoms with van der Waals surface area (Å²) in [6.45, 7) is 3.65. The van der Waals surface area contributed by atoms with E-state index >= 15 is 0 Å². The molecule has 1 aromatic carbocycles. The summed E-state index contributed by atoms with van der Waals surface area (Å²) in [6, 6.07) is 7.37. The smallest absolute Gasteiger partial charge is 0.253 e. The van der Waals surface area contributed by atoms with Crippen molar-refractivity contribution in [1.29, 1.82) is 0 Å².